The van der Waals surface area contributed by atoms with Crippen molar-refractivity contribution in [2.24, 2.45) is 0 Å². The maximum Gasteiger partial charge on any atom is 0.111 e. The van der Waals surface area contributed by atoms with Crippen molar-refractivity contribution in [1.82, 2.24) is 0 Å². The fourth-order valence-corrected chi connectivity index (χ4v) is 2.36. The van der Waals surface area contributed by atoms with Crippen molar-refractivity contribution in [2.75, 3.05) is 33.0 Å². The first-order valence-electron chi connectivity index (χ1n) is 9.00. The van der Waals surface area contributed by atoms with Crippen molar-refractivity contribution in [3.63, 3.8) is 0 Å². The van der Waals surface area contributed by atoms with Crippen molar-refractivity contribution in [3.05, 3.63) is 78.1 Å². The summed E-state index contributed by atoms with van der Waals surface area (Å²) in [5.41, 5.74) is 3.35. The SMILES string of the molecule is CCCCOCCOCCOC=C(c1ccccc1)c1ccccc1. The minimum absolute atomic E-state index is 0.526. The summed E-state index contributed by atoms with van der Waals surface area (Å²) in [5.74, 6) is 0. The molecule has 3 nitrogen and oxygen atoms in total. The topological polar surface area (TPSA) is 27.7 Å². The molecule has 0 unspecified atom stereocenters. The van der Waals surface area contributed by atoms with Crippen molar-refractivity contribution in [2.45, 2.75) is 19.8 Å². The molecule has 25 heavy (non-hydrogen) atoms. The number of unbranched alkanes of at least 4 members (excludes halogenated alkanes) is 1. The second-order valence-corrected chi connectivity index (χ2v) is 5.71. The van der Waals surface area contributed by atoms with Crippen LogP contribution in [0, 0.1) is 0 Å². The van der Waals surface area contributed by atoms with Crippen LogP contribution < -0.4 is 0 Å². The molecule has 2 rings (SSSR count). The van der Waals surface area contributed by atoms with Crippen LogP contribution in [0.1, 0.15) is 30.9 Å². The van der Waals surface area contributed by atoms with Crippen molar-refractivity contribution < 1.29 is 14.2 Å². The van der Waals surface area contributed by atoms with E-state index in [1.807, 2.05) is 42.7 Å². The minimum Gasteiger partial charge on any atom is -0.498 e. The molecule has 0 fully saturated rings. The van der Waals surface area contributed by atoms with Gasteiger partial charge < -0.3 is 14.2 Å². The molecule has 0 aromatic heterocycles. The molecule has 2 aromatic carbocycles. The molecule has 0 bridgehead atoms. The zero-order valence-corrected chi connectivity index (χ0v) is 15.0. The van der Waals surface area contributed by atoms with Gasteiger partial charge in [-0.2, -0.15) is 0 Å². The largest absolute Gasteiger partial charge is 0.498 e. The highest BCUT2D eigenvalue weighted by Crippen LogP contribution is 2.22. The van der Waals surface area contributed by atoms with Gasteiger partial charge in [-0.25, -0.2) is 0 Å². The van der Waals surface area contributed by atoms with Gasteiger partial charge in [-0.1, -0.05) is 74.0 Å². The quantitative estimate of drug-likeness (QED) is 0.405. The van der Waals surface area contributed by atoms with E-state index in [0.717, 1.165) is 36.1 Å². The molecule has 0 atom stereocenters. The van der Waals surface area contributed by atoms with Gasteiger partial charge in [0.05, 0.1) is 26.1 Å². The summed E-state index contributed by atoms with van der Waals surface area (Å²) < 4.78 is 16.7. The van der Waals surface area contributed by atoms with E-state index in [4.69, 9.17) is 14.2 Å². The first-order chi connectivity index (χ1) is 12.4. The van der Waals surface area contributed by atoms with E-state index >= 15 is 0 Å². The molecule has 0 amide bonds. The normalized spacial score (nSPS) is 10.4. The summed E-state index contributed by atoms with van der Waals surface area (Å²) in [6.45, 7) is 5.32. The Morgan fingerprint density at radius 3 is 1.80 bits per heavy atom. The third-order valence-electron chi connectivity index (χ3n) is 3.73. The molecular formula is C22H28O3. The van der Waals surface area contributed by atoms with Crippen LogP contribution in [0.2, 0.25) is 0 Å². The Hall–Kier alpha value is -2.10. The van der Waals surface area contributed by atoms with Gasteiger partial charge in [-0.15, -0.1) is 0 Å². The molecule has 0 aliphatic heterocycles. The standard InChI is InChI=1S/C22H28O3/c1-2-3-14-23-15-16-24-17-18-25-19-22(20-10-6-4-7-11-20)21-12-8-5-9-13-21/h4-13,19H,2-3,14-18H2,1H3. The van der Waals surface area contributed by atoms with Crippen molar-refractivity contribution in [1.29, 1.82) is 0 Å². The Morgan fingerprint density at radius 2 is 1.24 bits per heavy atom. The first kappa shape index (κ1) is 19.2. The summed E-state index contributed by atoms with van der Waals surface area (Å²) in [7, 11) is 0. The summed E-state index contributed by atoms with van der Waals surface area (Å²) in [6.07, 6.45) is 4.09. The smallest absolute Gasteiger partial charge is 0.111 e. The van der Waals surface area contributed by atoms with Crippen LogP contribution in [0.5, 0.6) is 0 Å². The van der Waals surface area contributed by atoms with Crippen LogP contribution in [-0.2, 0) is 14.2 Å². The predicted molar refractivity (Wildman–Crippen MR) is 102 cm³/mol. The molecule has 0 radical (unpaired) electrons. The summed E-state index contributed by atoms with van der Waals surface area (Å²) >= 11 is 0. The Kier molecular flexibility index (Phi) is 9.45. The van der Waals surface area contributed by atoms with Crippen LogP contribution in [0.25, 0.3) is 5.57 Å². The molecule has 134 valence electrons. The highest BCUT2D eigenvalue weighted by Gasteiger charge is 2.04. The predicted octanol–water partition coefficient (Wildman–Crippen LogP) is 4.93. The maximum atomic E-state index is 5.72. The fourth-order valence-electron chi connectivity index (χ4n) is 2.36. The van der Waals surface area contributed by atoms with Gasteiger partial charge in [0.1, 0.15) is 6.61 Å². The van der Waals surface area contributed by atoms with E-state index < -0.39 is 0 Å². The molecule has 2 aromatic rings. The lowest BCUT2D eigenvalue weighted by Crippen LogP contribution is -2.08. The second-order valence-electron chi connectivity index (χ2n) is 5.71. The summed E-state index contributed by atoms with van der Waals surface area (Å²) in [6, 6.07) is 20.5. The highest BCUT2D eigenvalue weighted by molar-refractivity contribution is 5.78. The summed E-state index contributed by atoms with van der Waals surface area (Å²) in [5, 5.41) is 0. The van der Waals surface area contributed by atoms with Gasteiger partial charge in [-0.3, -0.25) is 0 Å². The minimum atomic E-state index is 0.526. The van der Waals surface area contributed by atoms with E-state index in [1.165, 1.54) is 0 Å². The second kappa shape index (κ2) is 12.3. The zero-order chi connectivity index (χ0) is 17.6. The third kappa shape index (κ3) is 7.55. The van der Waals surface area contributed by atoms with Gasteiger partial charge in [0.25, 0.3) is 0 Å². The molecule has 3 heteroatoms. The third-order valence-corrected chi connectivity index (χ3v) is 3.73. The molecule has 0 heterocycles. The summed E-state index contributed by atoms with van der Waals surface area (Å²) in [4.78, 5) is 0. The van der Waals surface area contributed by atoms with Crippen LogP contribution in [0.4, 0.5) is 0 Å². The molecule has 0 aliphatic carbocycles. The van der Waals surface area contributed by atoms with Crippen molar-refractivity contribution in [3.8, 4) is 0 Å². The van der Waals surface area contributed by atoms with E-state index in [9.17, 15) is 0 Å². The number of rotatable bonds is 12. The van der Waals surface area contributed by atoms with E-state index in [1.54, 1.807) is 0 Å². The van der Waals surface area contributed by atoms with Crippen LogP contribution in [0.3, 0.4) is 0 Å². The lowest BCUT2D eigenvalue weighted by molar-refractivity contribution is 0.0300. The van der Waals surface area contributed by atoms with E-state index in [2.05, 4.69) is 31.2 Å². The molecular weight excluding hydrogens is 312 g/mol. The monoisotopic (exact) mass is 340 g/mol. The number of hydrogen-bond acceptors (Lipinski definition) is 3. The van der Waals surface area contributed by atoms with E-state index in [-0.39, 0.29) is 0 Å². The lowest BCUT2D eigenvalue weighted by Gasteiger charge is -2.10. The molecule has 0 spiro atoms. The van der Waals surface area contributed by atoms with Gasteiger partial charge in [0.15, 0.2) is 0 Å². The van der Waals surface area contributed by atoms with Gasteiger partial charge in [0, 0.05) is 12.2 Å². The van der Waals surface area contributed by atoms with Crippen LogP contribution >= 0.6 is 0 Å². The average molecular weight is 340 g/mol. The molecule has 0 aliphatic rings. The van der Waals surface area contributed by atoms with Crippen molar-refractivity contribution >= 4 is 5.57 Å². The first-order valence-corrected chi connectivity index (χ1v) is 9.00. The lowest BCUT2D eigenvalue weighted by atomic mass is 9.99. The number of ether oxygens (including phenoxy) is 3. The zero-order valence-electron chi connectivity index (χ0n) is 15.0. The fraction of sp³-hybridized carbons (Fsp3) is 0.364. The number of hydrogen-bond donors (Lipinski definition) is 0. The number of benzene rings is 2. The average Bonchev–Trinajstić information content (AvgIpc) is 2.67. The Morgan fingerprint density at radius 1 is 0.720 bits per heavy atom. The highest BCUT2D eigenvalue weighted by atomic mass is 16.5. The van der Waals surface area contributed by atoms with Gasteiger partial charge in [-0.05, 0) is 17.5 Å². The van der Waals surface area contributed by atoms with Crippen LogP contribution in [0.15, 0.2) is 66.9 Å². The van der Waals surface area contributed by atoms with E-state index in [0.29, 0.717) is 26.4 Å². The molecule has 0 saturated heterocycles. The van der Waals surface area contributed by atoms with Gasteiger partial charge in [0.2, 0.25) is 0 Å². The van der Waals surface area contributed by atoms with Crippen LogP contribution in [-0.4, -0.2) is 33.0 Å². The Bertz CT molecular complexity index is 552. The Balaban J connectivity index is 1.77. The van der Waals surface area contributed by atoms with Gasteiger partial charge >= 0.3 is 0 Å². The molecule has 0 saturated carbocycles. The Labute approximate surface area is 151 Å². The molecule has 0 N–H and O–H groups in total. The maximum absolute atomic E-state index is 5.72.